The SMILES string of the molecule is CCCCc1ccc(S(=O)(=O)Nc2ccccc2Sc2ccc(Cl)cc2)cc1. The normalized spacial score (nSPS) is 11.4. The third-order valence-corrected chi connectivity index (χ3v) is 6.94. The largest absolute Gasteiger partial charge is 0.278 e. The Hall–Kier alpha value is -1.95. The molecule has 0 spiro atoms. The van der Waals surface area contributed by atoms with Crippen LogP contribution >= 0.6 is 23.4 Å². The zero-order valence-corrected chi connectivity index (χ0v) is 17.9. The van der Waals surface area contributed by atoms with E-state index in [9.17, 15) is 8.42 Å². The number of halogens is 1. The fraction of sp³-hybridized carbons (Fsp3) is 0.182. The zero-order valence-electron chi connectivity index (χ0n) is 15.6. The molecule has 1 N–H and O–H groups in total. The van der Waals surface area contributed by atoms with E-state index >= 15 is 0 Å². The van der Waals surface area contributed by atoms with Gasteiger partial charge in [-0.15, -0.1) is 0 Å². The van der Waals surface area contributed by atoms with Gasteiger partial charge in [0.2, 0.25) is 0 Å². The van der Waals surface area contributed by atoms with Crippen molar-refractivity contribution in [3.8, 4) is 0 Å². The summed E-state index contributed by atoms with van der Waals surface area (Å²) < 4.78 is 28.4. The van der Waals surface area contributed by atoms with Crippen molar-refractivity contribution in [1.29, 1.82) is 0 Å². The highest BCUT2D eigenvalue weighted by molar-refractivity contribution is 7.99. The Morgan fingerprint density at radius 1 is 0.929 bits per heavy atom. The molecule has 0 unspecified atom stereocenters. The predicted octanol–water partition coefficient (Wildman–Crippen LogP) is 6.63. The van der Waals surface area contributed by atoms with Gasteiger partial charge in [-0.3, -0.25) is 4.72 Å². The maximum atomic E-state index is 12.8. The maximum Gasteiger partial charge on any atom is 0.261 e. The second-order valence-corrected chi connectivity index (χ2v) is 9.64. The van der Waals surface area contributed by atoms with E-state index in [1.54, 1.807) is 18.2 Å². The van der Waals surface area contributed by atoms with E-state index in [0.29, 0.717) is 10.7 Å². The molecule has 0 bridgehead atoms. The summed E-state index contributed by atoms with van der Waals surface area (Å²) in [5, 5.41) is 0.667. The summed E-state index contributed by atoms with van der Waals surface area (Å²) in [5.74, 6) is 0. The lowest BCUT2D eigenvalue weighted by Crippen LogP contribution is -2.13. The van der Waals surface area contributed by atoms with E-state index in [4.69, 9.17) is 11.6 Å². The van der Waals surface area contributed by atoms with Gasteiger partial charge in [0.1, 0.15) is 0 Å². The number of hydrogen-bond donors (Lipinski definition) is 1. The number of para-hydroxylation sites is 1. The topological polar surface area (TPSA) is 46.2 Å². The molecule has 0 saturated carbocycles. The molecule has 0 aromatic heterocycles. The number of unbranched alkanes of at least 4 members (excludes halogenated alkanes) is 1. The van der Waals surface area contributed by atoms with Gasteiger partial charge in [-0.05, 0) is 66.9 Å². The van der Waals surface area contributed by atoms with Crippen LogP contribution in [0.25, 0.3) is 0 Å². The molecule has 0 saturated heterocycles. The fourth-order valence-electron chi connectivity index (χ4n) is 2.69. The summed E-state index contributed by atoms with van der Waals surface area (Å²) in [4.78, 5) is 2.07. The summed E-state index contributed by atoms with van der Waals surface area (Å²) in [6.45, 7) is 2.14. The number of benzene rings is 3. The van der Waals surface area contributed by atoms with Crippen LogP contribution in [-0.4, -0.2) is 8.42 Å². The first-order valence-electron chi connectivity index (χ1n) is 9.12. The molecule has 3 aromatic carbocycles. The minimum absolute atomic E-state index is 0.263. The smallest absolute Gasteiger partial charge is 0.261 e. The van der Waals surface area contributed by atoms with Crippen molar-refractivity contribution in [3.05, 3.63) is 83.4 Å². The fourth-order valence-corrected chi connectivity index (χ4v) is 4.86. The van der Waals surface area contributed by atoms with Crippen LogP contribution in [0.3, 0.4) is 0 Å². The second kappa shape index (κ2) is 9.50. The van der Waals surface area contributed by atoms with Gasteiger partial charge in [-0.25, -0.2) is 8.42 Å². The Labute approximate surface area is 176 Å². The number of rotatable bonds is 8. The molecule has 3 aromatic rings. The first-order chi connectivity index (χ1) is 13.5. The van der Waals surface area contributed by atoms with Gasteiger partial charge in [0.15, 0.2) is 0 Å². The van der Waals surface area contributed by atoms with Crippen LogP contribution < -0.4 is 4.72 Å². The maximum absolute atomic E-state index is 12.8. The summed E-state index contributed by atoms with van der Waals surface area (Å²) in [6.07, 6.45) is 3.17. The average molecular weight is 432 g/mol. The van der Waals surface area contributed by atoms with Crippen molar-refractivity contribution in [1.82, 2.24) is 0 Å². The van der Waals surface area contributed by atoms with Crippen molar-refractivity contribution < 1.29 is 8.42 Å². The van der Waals surface area contributed by atoms with Gasteiger partial charge in [-0.1, -0.05) is 61.0 Å². The molecule has 0 aliphatic rings. The zero-order chi connectivity index (χ0) is 20.0. The summed E-state index contributed by atoms with van der Waals surface area (Å²) in [5.41, 5.74) is 1.71. The average Bonchev–Trinajstić information content (AvgIpc) is 2.70. The third kappa shape index (κ3) is 5.53. The van der Waals surface area contributed by atoms with Crippen molar-refractivity contribution in [3.63, 3.8) is 0 Å². The molecule has 0 heterocycles. The van der Waals surface area contributed by atoms with Gasteiger partial charge in [-0.2, -0.15) is 0 Å². The van der Waals surface area contributed by atoms with Crippen LogP contribution in [-0.2, 0) is 16.4 Å². The molecule has 0 aliphatic carbocycles. The van der Waals surface area contributed by atoms with Crippen LogP contribution in [0.15, 0.2) is 87.5 Å². The van der Waals surface area contributed by atoms with E-state index in [-0.39, 0.29) is 4.90 Å². The van der Waals surface area contributed by atoms with Gasteiger partial charge in [0.25, 0.3) is 10.0 Å². The summed E-state index contributed by atoms with van der Waals surface area (Å²) >= 11 is 7.42. The minimum atomic E-state index is -3.66. The first-order valence-corrected chi connectivity index (χ1v) is 11.8. The molecule has 146 valence electrons. The van der Waals surface area contributed by atoms with E-state index in [1.165, 1.54) is 11.8 Å². The number of nitrogens with one attached hydrogen (secondary N) is 1. The molecule has 3 rings (SSSR count). The van der Waals surface area contributed by atoms with E-state index < -0.39 is 10.0 Å². The summed E-state index contributed by atoms with van der Waals surface area (Å²) in [7, 11) is -3.66. The van der Waals surface area contributed by atoms with Crippen LogP contribution in [0.2, 0.25) is 5.02 Å². The number of aryl methyl sites for hydroxylation is 1. The van der Waals surface area contributed by atoms with Crippen molar-refractivity contribution in [2.75, 3.05) is 4.72 Å². The molecule has 0 atom stereocenters. The quantitative estimate of drug-likeness (QED) is 0.435. The van der Waals surface area contributed by atoms with Crippen LogP contribution in [0, 0.1) is 0 Å². The Morgan fingerprint density at radius 3 is 2.29 bits per heavy atom. The van der Waals surface area contributed by atoms with Gasteiger partial charge in [0, 0.05) is 14.8 Å². The predicted molar refractivity (Wildman–Crippen MR) is 118 cm³/mol. The van der Waals surface area contributed by atoms with Crippen LogP contribution in [0.1, 0.15) is 25.3 Å². The lowest BCUT2D eigenvalue weighted by atomic mass is 10.1. The number of sulfonamides is 1. The third-order valence-electron chi connectivity index (χ3n) is 4.23. The highest BCUT2D eigenvalue weighted by Crippen LogP contribution is 2.34. The second-order valence-electron chi connectivity index (χ2n) is 6.41. The van der Waals surface area contributed by atoms with Crippen molar-refractivity contribution in [2.45, 2.75) is 40.9 Å². The molecular formula is C22H22ClNO2S2. The molecule has 0 radical (unpaired) electrons. The molecule has 6 heteroatoms. The van der Waals surface area contributed by atoms with Crippen LogP contribution in [0.4, 0.5) is 5.69 Å². The molecular weight excluding hydrogens is 410 g/mol. The number of anilines is 1. The van der Waals surface area contributed by atoms with E-state index in [2.05, 4.69) is 11.6 Å². The Kier molecular flexibility index (Phi) is 7.05. The highest BCUT2D eigenvalue weighted by Gasteiger charge is 2.16. The Bertz CT molecular complexity index is 1020. The van der Waals surface area contributed by atoms with E-state index in [0.717, 1.165) is 34.6 Å². The minimum Gasteiger partial charge on any atom is -0.278 e. The highest BCUT2D eigenvalue weighted by atomic mass is 35.5. The summed E-state index contributed by atoms with van der Waals surface area (Å²) in [6, 6.07) is 21.9. The lowest BCUT2D eigenvalue weighted by molar-refractivity contribution is 0.601. The monoisotopic (exact) mass is 431 g/mol. The van der Waals surface area contributed by atoms with Gasteiger partial charge in [0.05, 0.1) is 10.6 Å². The van der Waals surface area contributed by atoms with E-state index in [1.807, 2.05) is 54.6 Å². The van der Waals surface area contributed by atoms with Crippen molar-refractivity contribution >= 4 is 39.1 Å². The molecule has 28 heavy (non-hydrogen) atoms. The van der Waals surface area contributed by atoms with Crippen LogP contribution in [0.5, 0.6) is 0 Å². The molecule has 0 aliphatic heterocycles. The molecule has 0 fully saturated rings. The Balaban J connectivity index is 1.79. The van der Waals surface area contributed by atoms with Gasteiger partial charge >= 0.3 is 0 Å². The molecule has 3 nitrogen and oxygen atoms in total. The lowest BCUT2D eigenvalue weighted by Gasteiger charge is -2.13. The molecule has 0 amide bonds. The van der Waals surface area contributed by atoms with Gasteiger partial charge < -0.3 is 0 Å². The first kappa shape index (κ1) is 20.8. The number of hydrogen-bond acceptors (Lipinski definition) is 3. The van der Waals surface area contributed by atoms with Crippen molar-refractivity contribution in [2.24, 2.45) is 0 Å². The standard InChI is InChI=1S/C22H22ClNO2S2/c1-2-3-6-17-9-15-20(16-10-17)28(25,26)24-21-7-4-5-8-22(21)27-19-13-11-18(23)12-14-19/h4-5,7-16,24H,2-3,6H2,1H3. The Morgan fingerprint density at radius 2 is 1.61 bits per heavy atom.